The molecule has 1 saturated heterocycles. The van der Waals surface area contributed by atoms with Crippen LogP contribution in [-0.2, 0) is 6.18 Å². The SMILES string of the molecule is Cc1ccc(C(=O)N2CCC(c3cc(N)on3)CC2)cc1C(F)(F)F. The van der Waals surface area contributed by atoms with E-state index in [1.54, 1.807) is 11.0 Å². The smallest absolute Gasteiger partial charge is 0.368 e. The highest BCUT2D eigenvalue weighted by Crippen LogP contribution is 2.33. The van der Waals surface area contributed by atoms with Crippen molar-refractivity contribution in [2.24, 2.45) is 0 Å². The van der Waals surface area contributed by atoms with Gasteiger partial charge in [0.05, 0.1) is 11.3 Å². The molecule has 134 valence electrons. The molecule has 1 aromatic heterocycles. The van der Waals surface area contributed by atoms with Gasteiger partial charge in [-0.1, -0.05) is 11.2 Å². The Labute approximate surface area is 142 Å². The van der Waals surface area contributed by atoms with Gasteiger partial charge in [0, 0.05) is 30.6 Å². The third kappa shape index (κ3) is 3.62. The fourth-order valence-electron chi connectivity index (χ4n) is 3.12. The number of piperidine rings is 1. The minimum atomic E-state index is -4.47. The summed E-state index contributed by atoms with van der Waals surface area (Å²) in [6.07, 6.45) is -3.15. The summed E-state index contributed by atoms with van der Waals surface area (Å²) in [6.45, 7) is 2.28. The zero-order chi connectivity index (χ0) is 18.2. The molecule has 2 N–H and O–H groups in total. The van der Waals surface area contributed by atoms with Crippen LogP contribution >= 0.6 is 0 Å². The highest BCUT2D eigenvalue weighted by Gasteiger charge is 2.34. The Morgan fingerprint density at radius 2 is 1.96 bits per heavy atom. The zero-order valence-electron chi connectivity index (χ0n) is 13.6. The first kappa shape index (κ1) is 17.3. The Morgan fingerprint density at radius 3 is 2.52 bits per heavy atom. The Kier molecular flexibility index (Phi) is 4.45. The van der Waals surface area contributed by atoms with Gasteiger partial charge in [0.15, 0.2) is 0 Å². The van der Waals surface area contributed by atoms with Crippen LogP contribution in [0.25, 0.3) is 0 Å². The van der Waals surface area contributed by atoms with Crippen molar-refractivity contribution in [1.82, 2.24) is 10.1 Å². The number of aromatic nitrogens is 1. The lowest BCUT2D eigenvalue weighted by molar-refractivity contribution is -0.138. The van der Waals surface area contributed by atoms with Crippen molar-refractivity contribution in [3.63, 3.8) is 0 Å². The number of hydrogen-bond donors (Lipinski definition) is 1. The lowest BCUT2D eigenvalue weighted by Gasteiger charge is -2.31. The van der Waals surface area contributed by atoms with Crippen LogP contribution in [0.2, 0.25) is 0 Å². The van der Waals surface area contributed by atoms with Crippen LogP contribution in [0.3, 0.4) is 0 Å². The van der Waals surface area contributed by atoms with Crippen molar-refractivity contribution < 1.29 is 22.5 Å². The molecule has 0 unspecified atom stereocenters. The number of alkyl halides is 3. The summed E-state index contributed by atoms with van der Waals surface area (Å²) in [4.78, 5) is 14.1. The predicted octanol–water partition coefficient (Wildman–Crippen LogP) is 3.60. The molecule has 1 fully saturated rings. The quantitative estimate of drug-likeness (QED) is 0.895. The topological polar surface area (TPSA) is 72.4 Å². The highest BCUT2D eigenvalue weighted by molar-refractivity contribution is 5.94. The summed E-state index contributed by atoms with van der Waals surface area (Å²) in [5, 5.41) is 3.89. The number of hydrogen-bond acceptors (Lipinski definition) is 4. The van der Waals surface area contributed by atoms with Gasteiger partial charge in [-0.25, -0.2) is 0 Å². The highest BCUT2D eigenvalue weighted by atomic mass is 19.4. The number of benzene rings is 1. The molecule has 1 aliphatic rings. The van der Waals surface area contributed by atoms with E-state index >= 15 is 0 Å². The van der Waals surface area contributed by atoms with E-state index in [9.17, 15) is 18.0 Å². The molecule has 0 aliphatic carbocycles. The molecule has 0 atom stereocenters. The Bertz CT molecular complexity index is 778. The Morgan fingerprint density at radius 1 is 1.28 bits per heavy atom. The van der Waals surface area contributed by atoms with Gasteiger partial charge in [0.25, 0.3) is 5.91 Å². The molecular formula is C17H18F3N3O2. The first-order chi connectivity index (χ1) is 11.8. The average Bonchev–Trinajstić information content (AvgIpc) is 3.00. The summed E-state index contributed by atoms with van der Waals surface area (Å²) in [5.41, 5.74) is 5.65. The number of likely N-dealkylation sites (tertiary alicyclic amines) is 1. The van der Waals surface area contributed by atoms with Crippen LogP contribution in [0.1, 0.15) is 45.9 Å². The van der Waals surface area contributed by atoms with Crippen LogP contribution in [0.5, 0.6) is 0 Å². The number of carbonyl (C=O) groups is 1. The van der Waals surface area contributed by atoms with Crippen molar-refractivity contribution in [2.75, 3.05) is 18.8 Å². The van der Waals surface area contributed by atoms with E-state index in [1.165, 1.54) is 19.1 Å². The molecule has 8 heteroatoms. The van der Waals surface area contributed by atoms with E-state index in [-0.39, 0.29) is 28.8 Å². The maximum atomic E-state index is 13.0. The third-order valence-corrected chi connectivity index (χ3v) is 4.54. The first-order valence-electron chi connectivity index (χ1n) is 7.95. The number of anilines is 1. The van der Waals surface area contributed by atoms with Gasteiger partial charge >= 0.3 is 6.18 Å². The standard InChI is InChI=1S/C17H18F3N3O2/c1-10-2-3-12(8-13(10)17(18,19)20)16(24)23-6-4-11(5-7-23)14-9-15(21)25-22-14/h2-3,8-9,11H,4-7,21H2,1H3. The van der Waals surface area contributed by atoms with E-state index < -0.39 is 11.7 Å². The van der Waals surface area contributed by atoms with Gasteiger partial charge in [-0.3, -0.25) is 4.79 Å². The molecule has 2 heterocycles. The molecule has 0 bridgehead atoms. The molecule has 2 aromatic rings. The lowest BCUT2D eigenvalue weighted by atomic mass is 9.93. The van der Waals surface area contributed by atoms with Gasteiger partial charge in [-0.2, -0.15) is 13.2 Å². The number of halogens is 3. The molecule has 1 aromatic carbocycles. The fourth-order valence-corrected chi connectivity index (χ4v) is 3.12. The zero-order valence-corrected chi connectivity index (χ0v) is 13.6. The number of rotatable bonds is 2. The molecule has 1 aliphatic heterocycles. The molecule has 0 spiro atoms. The maximum absolute atomic E-state index is 13.0. The fraction of sp³-hybridized carbons (Fsp3) is 0.412. The first-order valence-corrected chi connectivity index (χ1v) is 7.95. The van der Waals surface area contributed by atoms with Crippen LogP contribution in [-0.4, -0.2) is 29.1 Å². The minimum Gasteiger partial charge on any atom is -0.368 e. The normalized spacial score (nSPS) is 16.2. The maximum Gasteiger partial charge on any atom is 0.416 e. The molecule has 3 rings (SSSR count). The average molecular weight is 353 g/mol. The van der Waals surface area contributed by atoms with Crippen LogP contribution < -0.4 is 5.73 Å². The summed E-state index contributed by atoms with van der Waals surface area (Å²) in [6, 6.07) is 5.37. The van der Waals surface area contributed by atoms with E-state index in [2.05, 4.69) is 5.16 Å². The predicted molar refractivity (Wildman–Crippen MR) is 85.0 cm³/mol. The van der Waals surface area contributed by atoms with Crippen molar-refractivity contribution in [3.05, 3.63) is 46.6 Å². The summed E-state index contributed by atoms with van der Waals surface area (Å²) in [7, 11) is 0. The third-order valence-electron chi connectivity index (χ3n) is 4.54. The molecule has 0 radical (unpaired) electrons. The van der Waals surface area contributed by atoms with Crippen LogP contribution in [0.15, 0.2) is 28.8 Å². The van der Waals surface area contributed by atoms with Crippen LogP contribution in [0.4, 0.5) is 19.1 Å². The van der Waals surface area contributed by atoms with Gasteiger partial charge < -0.3 is 15.2 Å². The second kappa shape index (κ2) is 6.42. The second-order valence-corrected chi connectivity index (χ2v) is 6.25. The number of nitrogens with two attached hydrogens (primary N) is 1. The van der Waals surface area contributed by atoms with Gasteiger partial charge in [-0.15, -0.1) is 0 Å². The number of carbonyl (C=O) groups excluding carboxylic acids is 1. The van der Waals surface area contributed by atoms with E-state index in [4.69, 9.17) is 10.3 Å². The summed E-state index contributed by atoms with van der Waals surface area (Å²) in [5.74, 6) is -0.00897. The minimum absolute atomic E-state index is 0.0575. The largest absolute Gasteiger partial charge is 0.416 e. The number of aryl methyl sites for hydroxylation is 1. The summed E-state index contributed by atoms with van der Waals surface area (Å²) >= 11 is 0. The van der Waals surface area contributed by atoms with Crippen LogP contribution in [0, 0.1) is 6.92 Å². The van der Waals surface area contributed by atoms with Gasteiger partial charge in [-0.05, 0) is 37.5 Å². The number of nitrogen functional groups attached to an aromatic ring is 1. The van der Waals surface area contributed by atoms with Crippen molar-refractivity contribution in [3.8, 4) is 0 Å². The van der Waals surface area contributed by atoms with Crippen molar-refractivity contribution in [2.45, 2.75) is 31.9 Å². The molecule has 0 saturated carbocycles. The Hall–Kier alpha value is -2.51. The molecule has 5 nitrogen and oxygen atoms in total. The van der Waals surface area contributed by atoms with Gasteiger partial charge in [0.1, 0.15) is 0 Å². The van der Waals surface area contributed by atoms with Gasteiger partial charge in [0.2, 0.25) is 5.88 Å². The van der Waals surface area contributed by atoms with Crippen molar-refractivity contribution >= 4 is 11.8 Å². The van der Waals surface area contributed by atoms with E-state index in [1.807, 2.05) is 0 Å². The van der Waals surface area contributed by atoms with E-state index in [0.717, 1.165) is 11.8 Å². The summed E-state index contributed by atoms with van der Waals surface area (Å²) < 4.78 is 43.9. The number of nitrogens with zero attached hydrogens (tertiary/aromatic N) is 2. The molecule has 1 amide bonds. The monoisotopic (exact) mass is 353 g/mol. The second-order valence-electron chi connectivity index (χ2n) is 6.25. The molecular weight excluding hydrogens is 335 g/mol. The molecule has 25 heavy (non-hydrogen) atoms. The van der Waals surface area contributed by atoms with E-state index in [0.29, 0.717) is 25.9 Å². The Balaban J connectivity index is 1.71. The lowest BCUT2D eigenvalue weighted by Crippen LogP contribution is -2.38. The van der Waals surface area contributed by atoms with Crippen molar-refractivity contribution in [1.29, 1.82) is 0 Å². The number of amides is 1.